The molecule has 2 unspecified atom stereocenters. The van der Waals surface area contributed by atoms with Crippen LogP contribution in [0.25, 0.3) is 0 Å². The van der Waals surface area contributed by atoms with E-state index in [1.54, 1.807) is 0 Å². The van der Waals surface area contributed by atoms with E-state index in [9.17, 15) is 0 Å². The number of piperidine rings is 2. The highest BCUT2D eigenvalue weighted by molar-refractivity contribution is 4.85. The van der Waals surface area contributed by atoms with Gasteiger partial charge in [-0.15, -0.1) is 0 Å². The Morgan fingerprint density at radius 1 is 0.950 bits per heavy atom. The monoisotopic (exact) mass is 281 g/mol. The Kier molecular flexibility index (Phi) is 5.32. The third-order valence-corrected chi connectivity index (χ3v) is 5.49. The van der Waals surface area contributed by atoms with E-state index in [0.717, 1.165) is 32.2 Å². The number of rotatable bonds is 3. The standard InChI is InChI=1S/C16H31N3O/c17-16-6-11-20-13-14(16)12-18-9-4-15(5-10-18)19-7-2-1-3-8-19/h14-16H,1-13,17H2. The van der Waals surface area contributed by atoms with Crippen molar-refractivity contribution in [1.29, 1.82) is 0 Å². The lowest BCUT2D eigenvalue weighted by Gasteiger charge is -2.42. The summed E-state index contributed by atoms with van der Waals surface area (Å²) in [6, 6.07) is 1.20. The SMILES string of the molecule is NC1CCOCC1CN1CCC(N2CCCCC2)CC1. The molecule has 3 saturated heterocycles. The molecule has 0 radical (unpaired) electrons. The molecule has 116 valence electrons. The molecule has 3 heterocycles. The van der Waals surface area contributed by atoms with E-state index in [4.69, 9.17) is 10.5 Å². The Morgan fingerprint density at radius 2 is 1.70 bits per heavy atom. The van der Waals surface area contributed by atoms with Gasteiger partial charge in [-0.05, 0) is 58.3 Å². The van der Waals surface area contributed by atoms with Gasteiger partial charge in [0.25, 0.3) is 0 Å². The minimum atomic E-state index is 0.351. The van der Waals surface area contributed by atoms with Gasteiger partial charge in [0.2, 0.25) is 0 Å². The Balaban J connectivity index is 1.41. The van der Waals surface area contributed by atoms with Crippen LogP contribution in [0.4, 0.5) is 0 Å². The van der Waals surface area contributed by atoms with Crippen LogP contribution in [-0.2, 0) is 4.74 Å². The summed E-state index contributed by atoms with van der Waals surface area (Å²) in [6.45, 7) is 8.06. The summed E-state index contributed by atoms with van der Waals surface area (Å²) in [5, 5.41) is 0. The summed E-state index contributed by atoms with van der Waals surface area (Å²) in [5.74, 6) is 0.551. The van der Waals surface area contributed by atoms with E-state index in [-0.39, 0.29) is 0 Å². The van der Waals surface area contributed by atoms with Crippen molar-refractivity contribution in [2.45, 2.75) is 50.6 Å². The molecule has 4 heteroatoms. The second kappa shape index (κ2) is 7.21. The van der Waals surface area contributed by atoms with E-state index in [2.05, 4.69) is 9.80 Å². The van der Waals surface area contributed by atoms with Crippen molar-refractivity contribution in [1.82, 2.24) is 9.80 Å². The van der Waals surface area contributed by atoms with Gasteiger partial charge in [0.1, 0.15) is 0 Å². The number of nitrogens with two attached hydrogens (primary N) is 1. The van der Waals surface area contributed by atoms with Crippen LogP contribution in [0.3, 0.4) is 0 Å². The lowest BCUT2D eigenvalue weighted by atomic mass is 9.94. The molecule has 3 aliphatic heterocycles. The first-order valence-electron chi connectivity index (χ1n) is 8.62. The molecule has 2 N–H and O–H groups in total. The quantitative estimate of drug-likeness (QED) is 0.847. The maximum atomic E-state index is 6.23. The van der Waals surface area contributed by atoms with E-state index < -0.39 is 0 Å². The van der Waals surface area contributed by atoms with Gasteiger partial charge >= 0.3 is 0 Å². The smallest absolute Gasteiger partial charge is 0.0521 e. The zero-order valence-corrected chi connectivity index (χ0v) is 12.8. The maximum Gasteiger partial charge on any atom is 0.0521 e. The number of hydrogen-bond acceptors (Lipinski definition) is 4. The first kappa shape index (κ1) is 14.8. The van der Waals surface area contributed by atoms with E-state index in [1.165, 1.54) is 58.3 Å². The molecule has 3 fully saturated rings. The molecule has 0 aromatic carbocycles. The van der Waals surface area contributed by atoms with E-state index in [0.29, 0.717) is 12.0 Å². The van der Waals surface area contributed by atoms with Gasteiger partial charge in [0.15, 0.2) is 0 Å². The Hall–Kier alpha value is -0.160. The summed E-state index contributed by atoms with van der Waals surface area (Å²) < 4.78 is 5.60. The topological polar surface area (TPSA) is 41.7 Å². The van der Waals surface area contributed by atoms with Gasteiger partial charge in [-0.25, -0.2) is 0 Å². The normalized spacial score (nSPS) is 35.2. The van der Waals surface area contributed by atoms with Crippen molar-refractivity contribution in [3.63, 3.8) is 0 Å². The van der Waals surface area contributed by atoms with Crippen molar-refractivity contribution in [2.24, 2.45) is 11.7 Å². The Morgan fingerprint density at radius 3 is 2.40 bits per heavy atom. The predicted molar refractivity (Wildman–Crippen MR) is 81.8 cm³/mol. The van der Waals surface area contributed by atoms with Gasteiger partial charge in [-0.1, -0.05) is 6.42 Å². The molecule has 0 aromatic rings. The lowest BCUT2D eigenvalue weighted by molar-refractivity contribution is 0.0160. The van der Waals surface area contributed by atoms with Gasteiger partial charge in [0.05, 0.1) is 6.61 Å². The highest BCUT2D eigenvalue weighted by Crippen LogP contribution is 2.22. The molecular weight excluding hydrogens is 250 g/mol. The van der Waals surface area contributed by atoms with Crippen LogP contribution in [0.5, 0.6) is 0 Å². The third-order valence-electron chi connectivity index (χ3n) is 5.49. The number of likely N-dealkylation sites (tertiary alicyclic amines) is 2. The molecule has 20 heavy (non-hydrogen) atoms. The van der Waals surface area contributed by atoms with Gasteiger partial charge in [0, 0.05) is 31.2 Å². The molecule has 0 bridgehead atoms. The fourth-order valence-corrected chi connectivity index (χ4v) is 4.08. The highest BCUT2D eigenvalue weighted by Gasteiger charge is 2.29. The lowest BCUT2D eigenvalue weighted by Crippen LogP contribution is -2.50. The van der Waals surface area contributed by atoms with Crippen LogP contribution in [-0.4, -0.2) is 67.8 Å². The van der Waals surface area contributed by atoms with Crippen LogP contribution in [0.15, 0.2) is 0 Å². The van der Waals surface area contributed by atoms with Crippen molar-refractivity contribution in [2.75, 3.05) is 45.9 Å². The number of hydrogen-bond donors (Lipinski definition) is 1. The molecule has 2 atom stereocenters. The second-order valence-corrected chi connectivity index (χ2v) is 6.92. The van der Waals surface area contributed by atoms with E-state index in [1.807, 2.05) is 0 Å². The first-order valence-corrected chi connectivity index (χ1v) is 8.62. The summed E-state index contributed by atoms with van der Waals surface area (Å²) in [4.78, 5) is 5.37. The van der Waals surface area contributed by atoms with Crippen LogP contribution in [0.1, 0.15) is 38.5 Å². The minimum absolute atomic E-state index is 0.351. The van der Waals surface area contributed by atoms with Crippen LogP contribution in [0.2, 0.25) is 0 Å². The van der Waals surface area contributed by atoms with Gasteiger partial charge in [-0.2, -0.15) is 0 Å². The Bertz CT molecular complexity index is 285. The molecular formula is C16H31N3O. The fraction of sp³-hybridized carbons (Fsp3) is 1.00. The zero-order valence-electron chi connectivity index (χ0n) is 12.8. The molecule has 0 spiro atoms. The third kappa shape index (κ3) is 3.73. The molecule has 0 amide bonds. The molecule has 3 aliphatic rings. The summed E-state index contributed by atoms with van der Waals surface area (Å²) >= 11 is 0. The van der Waals surface area contributed by atoms with Crippen LogP contribution in [0, 0.1) is 5.92 Å². The van der Waals surface area contributed by atoms with Gasteiger partial charge in [-0.3, -0.25) is 0 Å². The maximum absolute atomic E-state index is 6.23. The summed E-state index contributed by atoms with van der Waals surface area (Å²) in [6.07, 6.45) is 8.00. The second-order valence-electron chi connectivity index (χ2n) is 6.92. The number of ether oxygens (including phenoxy) is 1. The van der Waals surface area contributed by atoms with Crippen molar-refractivity contribution < 1.29 is 4.74 Å². The first-order chi connectivity index (χ1) is 9.83. The van der Waals surface area contributed by atoms with Crippen LogP contribution >= 0.6 is 0 Å². The molecule has 4 nitrogen and oxygen atoms in total. The zero-order chi connectivity index (χ0) is 13.8. The van der Waals surface area contributed by atoms with E-state index >= 15 is 0 Å². The highest BCUT2D eigenvalue weighted by atomic mass is 16.5. The molecule has 0 aromatic heterocycles. The molecule has 3 rings (SSSR count). The van der Waals surface area contributed by atoms with Gasteiger partial charge < -0.3 is 20.3 Å². The van der Waals surface area contributed by atoms with Crippen molar-refractivity contribution in [3.05, 3.63) is 0 Å². The fourth-order valence-electron chi connectivity index (χ4n) is 4.08. The summed E-state index contributed by atoms with van der Waals surface area (Å²) in [7, 11) is 0. The minimum Gasteiger partial charge on any atom is -0.381 e. The van der Waals surface area contributed by atoms with Crippen LogP contribution < -0.4 is 5.73 Å². The average molecular weight is 281 g/mol. The van der Waals surface area contributed by atoms with Crippen molar-refractivity contribution in [3.8, 4) is 0 Å². The number of nitrogens with zero attached hydrogens (tertiary/aromatic N) is 2. The van der Waals surface area contributed by atoms with Crippen molar-refractivity contribution >= 4 is 0 Å². The average Bonchev–Trinajstić information content (AvgIpc) is 2.51. The predicted octanol–water partition coefficient (Wildman–Crippen LogP) is 1.30. The largest absolute Gasteiger partial charge is 0.381 e. The summed E-state index contributed by atoms with van der Waals surface area (Å²) in [5.41, 5.74) is 6.23. The Labute approximate surface area is 123 Å². The molecule has 0 saturated carbocycles. The molecule has 0 aliphatic carbocycles.